The first-order valence-corrected chi connectivity index (χ1v) is 6.70. The van der Waals surface area contributed by atoms with E-state index in [4.69, 9.17) is 4.42 Å². The van der Waals surface area contributed by atoms with Gasteiger partial charge in [-0.25, -0.2) is 0 Å². The van der Waals surface area contributed by atoms with E-state index in [2.05, 4.69) is 5.32 Å². The third-order valence-corrected chi connectivity index (χ3v) is 3.27. The molecular weight excluding hydrogens is 267 g/mol. The number of hydrogen-bond acceptors (Lipinski definition) is 2. The molecule has 1 heterocycles. The molecule has 110 valence electrons. The molecule has 0 radical (unpaired) electrons. The van der Waals surface area contributed by atoms with Crippen molar-refractivity contribution >= 4 is 11.0 Å². The van der Waals surface area contributed by atoms with Gasteiger partial charge in [-0.3, -0.25) is 0 Å². The predicted octanol–water partition coefficient (Wildman–Crippen LogP) is 4.73. The third-order valence-electron chi connectivity index (χ3n) is 3.27. The number of hydrogen-bond donors (Lipinski definition) is 1. The fourth-order valence-electron chi connectivity index (χ4n) is 2.30. The quantitative estimate of drug-likeness (QED) is 0.858. The number of fused-ring (bicyclic) bond motifs is 1. The van der Waals surface area contributed by atoms with E-state index in [-0.39, 0.29) is 6.42 Å². The lowest BCUT2D eigenvalue weighted by molar-refractivity contribution is -0.136. The molecule has 1 aromatic heterocycles. The maximum atomic E-state index is 12.4. The van der Waals surface area contributed by atoms with Gasteiger partial charge in [0.2, 0.25) is 0 Å². The molecule has 2 nitrogen and oxygen atoms in total. The van der Waals surface area contributed by atoms with Gasteiger partial charge in [0.25, 0.3) is 0 Å². The topological polar surface area (TPSA) is 25.2 Å². The number of alkyl halides is 3. The molecule has 0 aliphatic carbocycles. The minimum Gasteiger partial charge on any atom is -0.459 e. The Kier molecular flexibility index (Phi) is 4.38. The van der Waals surface area contributed by atoms with Gasteiger partial charge in [0.1, 0.15) is 11.3 Å². The zero-order chi connectivity index (χ0) is 14.8. The van der Waals surface area contributed by atoms with Gasteiger partial charge in [-0.2, -0.15) is 13.2 Å². The first-order chi connectivity index (χ1) is 9.40. The summed E-state index contributed by atoms with van der Waals surface area (Å²) < 4.78 is 42.9. The van der Waals surface area contributed by atoms with Crippen LogP contribution in [-0.2, 0) is 0 Å². The van der Waals surface area contributed by atoms with Crippen LogP contribution < -0.4 is 5.32 Å². The Morgan fingerprint density at radius 1 is 1.30 bits per heavy atom. The van der Waals surface area contributed by atoms with Crippen molar-refractivity contribution < 1.29 is 17.6 Å². The predicted molar refractivity (Wildman–Crippen MR) is 72.7 cm³/mol. The van der Waals surface area contributed by atoms with Gasteiger partial charge in [-0.1, -0.05) is 25.1 Å². The van der Waals surface area contributed by atoms with E-state index in [1.807, 2.05) is 38.1 Å². The average molecular weight is 285 g/mol. The number of furan rings is 1. The molecule has 2 aromatic rings. The van der Waals surface area contributed by atoms with Gasteiger partial charge >= 0.3 is 6.18 Å². The first kappa shape index (κ1) is 14.9. The van der Waals surface area contributed by atoms with Gasteiger partial charge in [0, 0.05) is 11.8 Å². The van der Waals surface area contributed by atoms with E-state index >= 15 is 0 Å². The Balaban J connectivity index is 2.24. The van der Waals surface area contributed by atoms with Crippen LogP contribution in [0.3, 0.4) is 0 Å². The third kappa shape index (κ3) is 3.54. The normalized spacial score (nSPS) is 13.8. The molecule has 0 saturated heterocycles. The summed E-state index contributed by atoms with van der Waals surface area (Å²) in [5.74, 6) is 0.570. The van der Waals surface area contributed by atoms with Crippen molar-refractivity contribution in [2.75, 3.05) is 6.54 Å². The Bertz CT molecular complexity index is 574. The summed E-state index contributed by atoms with van der Waals surface area (Å²) >= 11 is 0. The van der Waals surface area contributed by atoms with E-state index in [1.165, 1.54) is 0 Å². The fourth-order valence-corrected chi connectivity index (χ4v) is 2.30. The second-order valence-corrected chi connectivity index (χ2v) is 4.91. The molecule has 0 saturated carbocycles. The second kappa shape index (κ2) is 5.87. The summed E-state index contributed by atoms with van der Waals surface area (Å²) in [6.07, 6.45) is -4.98. The highest BCUT2D eigenvalue weighted by molar-refractivity contribution is 5.80. The molecule has 1 unspecified atom stereocenters. The smallest absolute Gasteiger partial charge is 0.389 e. The lowest BCUT2D eigenvalue weighted by Crippen LogP contribution is -2.22. The Hall–Kier alpha value is -1.49. The highest BCUT2D eigenvalue weighted by Gasteiger charge is 2.29. The summed E-state index contributed by atoms with van der Waals surface area (Å²) in [5, 5.41) is 3.98. The molecule has 0 spiro atoms. The van der Waals surface area contributed by atoms with Crippen molar-refractivity contribution in [3.63, 3.8) is 0 Å². The summed E-state index contributed by atoms with van der Waals surface area (Å²) in [4.78, 5) is 0. The number of halogens is 3. The van der Waals surface area contributed by atoms with Gasteiger partial charge < -0.3 is 9.73 Å². The first-order valence-electron chi connectivity index (χ1n) is 6.70. The minimum atomic E-state index is -4.14. The van der Waals surface area contributed by atoms with Crippen molar-refractivity contribution in [2.45, 2.75) is 38.9 Å². The van der Waals surface area contributed by atoms with Crippen molar-refractivity contribution in [1.29, 1.82) is 0 Å². The highest BCUT2D eigenvalue weighted by Crippen LogP contribution is 2.31. The van der Waals surface area contributed by atoms with Gasteiger partial charge in [0.15, 0.2) is 0 Å². The van der Waals surface area contributed by atoms with Crippen LogP contribution in [0.1, 0.15) is 37.1 Å². The van der Waals surface area contributed by atoms with E-state index in [1.54, 1.807) is 0 Å². The molecule has 20 heavy (non-hydrogen) atoms. The maximum Gasteiger partial charge on any atom is 0.389 e. The molecule has 5 heteroatoms. The Morgan fingerprint density at radius 2 is 2.05 bits per heavy atom. The number of aryl methyl sites for hydroxylation is 1. The molecule has 0 aliphatic rings. The fraction of sp³-hybridized carbons (Fsp3) is 0.467. The SMILES string of the molecule is CCNC(CCC(F)(F)F)c1cc2cccc(C)c2o1. The molecule has 2 rings (SSSR count). The van der Waals surface area contributed by atoms with Gasteiger partial charge in [-0.15, -0.1) is 0 Å². The van der Waals surface area contributed by atoms with Crippen LogP contribution in [-0.4, -0.2) is 12.7 Å². The Morgan fingerprint density at radius 3 is 2.65 bits per heavy atom. The number of nitrogens with one attached hydrogen (secondary N) is 1. The van der Waals surface area contributed by atoms with Crippen LogP contribution in [0.5, 0.6) is 0 Å². The van der Waals surface area contributed by atoms with Crippen molar-refractivity contribution in [3.8, 4) is 0 Å². The molecular formula is C15H18F3NO. The molecule has 0 amide bonds. The lowest BCUT2D eigenvalue weighted by Gasteiger charge is -2.16. The maximum absolute atomic E-state index is 12.4. The number of benzene rings is 1. The molecule has 1 atom stereocenters. The van der Waals surface area contributed by atoms with E-state index < -0.39 is 18.6 Å². The van der Waals surface area contributed by atoms with Crippen LogP contribution in [0.15, 0.2) is 28.7 Å². The lowest BCUT2D eigenvalue weighted by atomic mass is 10.1. The summed E-state index contributed by atoms with van der Waals surface area (Å²) in [6.45, 7) is 4.39. The molecule has 0 bridgehead atoms. The number of rotatable bonds is 5. The van der Waals surface area contributed by atoms with E-state index in [0.717, 1.165) is 16.5 Å². The summed E-state index contributed by atoms with van der Waals surface area (Å²) in [5.41, 5.74) is 1.73. The minimum absolute atomic E-state index is 0.0176. The van der Waals surface area contributed by atoms with Crippen LogP contribution >= 0.6 is 0 Å². The van der Waals surface area contributed by atoms with Crippen LogP contribution in [0.4, 0.5) is 13.2 Å². The summed E-state index contributed by atoms with van der Waals surface area (Å²) in [7, 11) is 0. The van der Waals surface area contributed by atoms with Crippen LogP contribution in [0.25, 0.3) is 11.0 Å². The standard InChI is InChI=1S/C15H18F3NO/c1-3-19-12(7-8-15(16,17)18)13-9-11-6-4-5-10(2)14(11)20-13/h4-6,9,12,19H,3,7-8H2,1-2H3. The van der Waals surface area contributed by atoms with Crippen molar-refractivity contribution in [3.05, 3.63) is 35.6 Å². The Labute approximate surface area is 116 Å². The van der Waals surface area contributed by atoms with Crippen LogP contribution in [0.2, 0.25) is 0 Å². The largest absolute Gasteiger partial charge is 0.459 e. The van der Waals surface area contributed by atoms with Gasteiger partial charge in [-0.05, 0) is 31.5 Å². The number of para-hydroxylation sites is 1. The van der Waals surface area contributed by atoms with Crippen molar-refractivity contribution in [1.82, 2.24) is 5.32 Å². The molecule has 1 N–H and O–H groups in total. The average Bonchev–Trinajstić information content (AvgIpc) is 2.78. The monoisotopic (exact) mass is 285 g/mol. The van der Waals surface area contributed by atoms with Crippen LogP contribution in [0, 0.1) is 6.92 Å². The van der Waals surface area contributed by atoms with E-state index in [0.29, 0.717) is 12.3 Å². The molecule has 0 aliphatic heterocycles. The molecule has 0 fully saturated rings. The zero-order valence-electron chi connectivity index (χ0n) is 11.6. The second-order valence-electron chi connectivity index (χ2n) is 4.91. The summed E-state index contributed by atoms with van der Waals surface area (Å²) in [6, 6.07) is 7.16. The molecule has 1 aromatic carbocycles. The zero-order valence-corrected chi connectivity index (χ0v) is 11.6. The highest BCUT2D eigenvalue weighted by atomic mass is 19.4. The van der Waals surface area contributed by atoms with E-state index in [9.17, 15) is 13.2 Å². The van der Waals surface area contributed by atoms with Gasteiger partial charge in [0.05, 0.1) is 6.04 Å². The van der Waals surface area contributed by atoms with Crippen molar-refractivity contribution in [2.24, 2.45) is 0 Å².